The van der Waals surface area contributed by atoms with Crippen molar-refractivity contribution in [3.05, 3.63) is 63.1 Å². The second-order valence-corrected chi connectivity index (χ2v) is 6.73. The van der Waals surface area contributed by atoms with E-state index >= 15 is 0 Å². The Morgan fingerprint density at radius 1 is 1.30 bits per heavy atom. The zero-order valence-corrected chi connectivity index (χ0v) is 15.4. The molecule has 0 saturated heterocycles. The van der Waals surface area contributed by atoms with Crippen molar-refractivity contribution in [3.63, 3.8) is 0 Å². The van der Waals surface area contributed by atoms with E-state index in [1.807, 2.05) is 36.4 Å². The maximum absolute atomic E-state index is 13.3. The van der Waals surface area contributed by atoms with E-state index in [-0.39, 0.29) is 5.91 Å². The SMILES string of the molecule is NC=NC=NCCCN1C(=O)C2=c3c1cccc3=NCc1ccc(Cl)cc12. The summed E-state index contributed by atoms with van der Waals surface area (Å²) in [5, 5.41) is 2.36. The summed E-state index contributed by atoms with van der Waals surface area (Å²) in [4.78, 5) is 27.7. The highest BCUT2D eigenvalue weighted by Gasteiger charge is 2.32. The Balaban J connectivity index is 1.72. The topological polar surface area (TPSA) is 83.4 Å². The lowest BCUT2D eigenvalue weighted by molar-refractivity contribution is -0.113. The van der Waals surface area contributed by atoms with E-state index in [0.717, 1.165) is 33.8 Å². The highest BCUT2D eigenvalue weighted by atomic mass is 35.5. The molecule has 0 unspecified atom stereocenters. The molecule has 2 heterocycles. The van der Waals surface area contributed by atoms with Gasteiger partial charge in [-0.05, 0) is 41.8 Å². The molecule has 27 heavy (non-hydrogen) atoms. The van der Waals surface area contributed by atoms with Gasteiger partial charge in [0.05, 0.1) is 29.5 Å². The Morgan fingerprint density at radius 3 is 3.04 bits per heavy atom. The summed E-state index contributed by atoms with van der Waals surface area (Å²) in [6, 6.07) is 11.5. The number of nitrogens with two attached hydrogens (primary N) is 1. The van der Waals surface area contributed by atoms with Crippen LogP contribution in [0.15, 0.2) is 51.4 Å². The summed E-state index contributed by atoms with van der Waals surface area (Å²) in [6.07, 6.45) is 3.33. The zero-order chi connectivity index (χ0) is 18.8. The fourth-order valence-electron chi connectivity index (χ4n) is 3.52. The van der Waals surface area contributed by atoms with Crippen LogP contribution < -0.4 is 21.2 Å². The van der Waals surface area contributed by atoms with Gasteiger partial charge in [-0.3, -0.25) is 14.8 Å². The second kappa shape index (κ2) is 7.32. The van der Waals surface area contributed by atoms with Crippen molar-refractivity contribution >= 4 is 41.4 Å². The van der Waals surface area contributed by atoms with Crippen molar-refractivity contribution < 1.29 is 4.79 Å². The number of rotatable bonds is 5. The summed E-state index contributed by atoms with van der Waals surface area (Å²) in [7, 11) is 0. The molecule has 2 aromatic carbocycles. The number of aliphatic imine (C=N–C) groups is 2. The van der Waals surface area contributed by atoms with Gasteiger partial charge in [-0.1, -0.05) is 23.7 Å². The first kappa shape index (κ1) is 17.4. The fourth-order valence-corrected chi connectivity index (χ4v) is 3.69. The van der Waals surface area contributed by atoms with Crippen molar-refractivity contribution in [2.45, 2.75) is 13.0 Å². The molecule has 2 aliphatic heterocycles. The highest BCUT2D eigenvalue weighted by Crippen LogP contribution is 2.30. The molecule has 2 aliphatic rings. The van der Waals surface area contributed by atoms with Crippen molar-refractivity contribution in [1.82, 2.24) is 0 Å². The molecule has 0 spiro atoms. The van der Waals surface area contributed by atoms with Crippen LogP contribution >= 0.6 is 11.6 Å². The molecule has 0 atom stereocenters. The molecule has 1 amide bonds. The van der Waals surface area contributed by atoms with Gasteiger partial charge in [0.15, 0.2) is 0 Å². The van der Waals surface area contributed by atoms with E-state index in [1.165, 1.54) is 12.7 Å². The van der Waals surface area contributed by atoms with Crippen LogP contribution in [0.4, 0.5) is 5.69 Å². The number of benzene rings is 2. The largest absolute Gasteiger partial charge is 0.390 e. The van der Waals surface area contributed by atoms with Gasteiger partial charge >= 0.3 is 0 Å². The number of hydrogen-bond donors (Lipinski definition) is 1. The molecule has 6 nitrogen and oxygen atoms in total. The zero-order valence-electron chi connectivity index (χ0n) is 14.6. The molecule has 0 bridgehead atoms. The van der Waals surface area contributed by atoms with E-state index in [0.29, 0.717) is 30.2 Å². The van der Waals surface area contributed by atoms with E-state index in [4.69, 9.17) is 22.3 Å². The lowest BCUT2D eigenvalue weighted by atomic mass is 9.99. The molecular formula is C20H18ClN5O. The van der Waals surface area contributed by atoms with Crippen LogP contribution in [0.25, 0.3) is 5.57 Å². The van der Waals surface area contributed by atoms with E-state index in [9.17, 15) is 4.79 Å². The minimum Gasteiger partial charge on any atom is -0.390 e. The van der Waals surface area contributed by atoms with Gasteiger partial charge in [-0.25, -0.2) is 4.99 Å². The standard InChI is InChI=1S/C20H18ClN5O/c21-14-6-5-13-10-25-16-3-1-4-17-19(16)18(15(13)9-14)20(27)26(17)8-2-7-23-12-24-11-22/h1,3-6,9,11-12H,2,7-8,10H2,(H2,22,23,24). The van der Waals surface area contributed by atoms with Gasteiger partial charge in [-0.2, -0.15) is 0 Å². The molecule has 7 heteroatoms. The molecule has 0 saturated carbocycles. The molecule has 0 aliphatic carbocycles. The second-order valence-electron chi connectivity index (χ2n) is 6.29. The molecule has 2 N–H and O–H groups in total. The van der Waals surface area contributed by atoms with E-state index in [2.05, 4.69) is 9.98 Å². The Bertz CT molecular complexity index is 1090. The lowest BCUT2D eigenvalue weighted by Gasteiger charge is -2.19. The molecule has 0 aromatic heterocycles. The van der Waals surface area contributed by atoms with Gasteiger partial charge < -0.3 is 10.6 Å². The Kier molecular flexibility index (Phi) is 4.73. The Morgan fingerprint density at radius 2 is 2.19 bits per heavy atom. The van der Waals surface area contributed by atoms with Gasteiger partial charge in [0, 0.05) is 23.3 Å². The average molecular weight is 380 g/mol. The van der Waals surface area contributed by atoms with Gasteiger partial charge in [0.2, 0.25) is 0 Å². The number of amides is 1. The number of carbonyl (C=O) groups is 1. The summed E-state index contributed by atoms with van der Waals surface area (Å²) in [5.41, 5.74) is 8.64. The van der Waals surface area contributed by atoms with Crippen molar-refractivity contribution in [2.24, 2.45) is 20.7 Å². The van der Waals surface area contributed by atoms with Crippen LogP contribution in [0, 0.1) is 0 Å². The van der Waals surface area contributed by atoms with Crippen LogP contribution in [-0.2, 0) is 11.3 Å². The van der Waals surface area contributed by atoms with Gasteiger partial charge in [-0.15, -0.1) is 0 Å². The first-order chi connectivity index (χ1) is 13.2. The number of carbonyl (C=O) groups excluding carboxylic acids is 1. The first-order valence-electron chi connectivity index (χ1n) is 8.71. The van der Waals surface area contributed by atoms with Crippen LogP contribution in [0.3, 0.4) is 0 Å². The minimum absolute atomic E-state index is 0.0120. The monoisotopic (exact) mass is 379 g/mol. The van der Waals surface area contributed by atoms with Crippen LogP contribution in [0.2, 0.25) is 5.02 Å². The van der Waals surface area contributed by atoms with E-state index < -0.39 is 0 Å². The van der Waals surface area contributed by atoms with Crippen LogP contribution in [-0.4, -0.2) is 31.7 Å². The summed E-state index contributed by atoms with van der Waals surface area (Å²) in [6.45, 7) is 1.67. The third kappa shape index (κ3) is 3.13. The molecule has 136 valence electrons. The van der Waals surface area contributed by atoms with Gasteiger partial charge in [0.25, 0.3) is 5.91 Å². The van der Waals surface area contributed by atoms with Crippen molar-refractivity contribution in [2.75, 3.05) is 18.0 Å². The smallest absolute Gasteiger partial charge is 0.259 e. The van der Waals surface area contributed by atoms with Crippen LogP contribution in [0.5, 0.6) is 0 Å². The summed E-state index contributed by atoms with van der Waals surface area (Å²) < 4.78 is 0. The Labute approximate surface area is 161 Å². The maximum atomic E-state index is 13.3. The predicted molar refractivity (Wildman–Crippen MR) is 108 cm³/mol. The average Bonchev–Trinajstić information content (AvgIpc) is 2.84. The molecule has 0 fully saturated rings. The van der Waals surface area contributed by atoms with Gasteiger partial charge in [0.1, 0.15) is 6.34 Å². The summed E-state index contributed by atoms with van der Waals surface area (Å²) in [5.74, 6) is -0.0120. The molecule has 2 aromatic rings. The lowest BCUT2D eigenvalue weighted by Crippen LogP contribution is -2.31. The van der Waals surface area contributed by atoms with Crippen molar-refractivity contribution in [1.29, 1.82) is 0 Å². The first-order valence-corrected chi connectivity index (χ1v) is 9.08. The summed E-state index contributed by atoms with van der Waals surface area (Å²) >= 11 is 6.22. The number of fused-ring (bicyclic) bond motifs is 2. The molecule has 0 radical (unpaired) electrons. The number of hydrogen-bond acceptors (Lipinski definition) is 3. The number of nitrogens with zero attached hydrogens (tertiary/aromatic N) is 4. The van der Waals surface area contributed by atoms with Crippen LogP contribution in [0.1, 0.15) is 17.5 Å². The Hall–Kier alpha value is -2.99. The number of anilines is 1. The quantitative estimate of drug-likeness (QED) is 0.484. The third-order valence-electron chi connectivity index (χ3n) is 4.68. The van der Waals surface area contributed by atoms with Crippen molar-refractivity contribution in [3.8, 4) is 0 Å². The maximum Gasteiger partial charge on any atom is 0.259 e. The predicted octanol–water partition coefficient (Wildman–Crippen LogP) is 1.42. The minimum atomic E-state index is -0.0120. The van der Waals surface area contributed by atoms with E-state index in [1.54, 1.807) is 4.90 Å². The molecule has 4 rings (SSSR count). The fraction of sp³-hybridized carbons (Fsp3) is 0.200. The number of halogens is 1. The normalized spacial score (nSPS) is 15.2. The molecular weight excluding hydrogens is 362 g/mol. The highest BCUT2D eigenvalue weighted by molar-refractivity contribution is 6.33. The third-order valence-corrected chi connectivity index (χ3v) is 4.92.